The Morgan fingerprint density at radius 1 is 0.960 bits per heavy atom. The number of nitrogens with zero attached hydrogens (tertiary/aromatic N) is 1. The van der Waals surface area contributed by atoms with Crippen LogP contribution in [0.25, 0.3) is 27.2 Å². The van der Waals surface area contributed by atoms with Gasteiger partial charge in [0.2, 0.25) is 0 Å². The van der Waals surface area contributed by atoms with Crippen molar-refractivity contribution >= 4 is 33.0 Å². The van der Waals surface area contributed by atoms with Crippen LogP contribution in [0.2, 0.25) is 0 Å². The summed E-state index contributed by atoms with van der Waals surface area (Å²) < 4.78 is 15.9. The zero-order valence-corrected chi connectivity index (χ0v) is 14.3. The highest BCUT2D eigenvalue weighted by molar-refractivity contribution is 6.15. The van der Waals surface area contributed by atoms with Crippen LogP contribution >= 0.6 is 0 Å². The van der Waals surface area contributed by atoms with Crippen molar-refractivity contribution in [2.24, 2.45) is 5.41 Å². The van der Waals surface area contributed by atoms with Crippen molar-refractivity contribution in [2.75, 3.05) is 0 Å². The topological polar surface area (TPSA) is 21.5 Å². The molecule has 0 N–H and O–H groups in total. The fourth-order valence-corrected chi connectivity index (χ4v) is 4.38. The van der Waals surface area contributed by atoms with Gasteiger partial charge in [-0.25, -0.2) is 4.39 Å². The highest BCUT2D eigenvalue weighted by Crippen LogP contribution is 2.41. The Kier molecular flexibility index (Phi) is 2.75. The predicted octanol–water partition coefficient (Wildman–Crippen LogP) is 5.54. The van der Waals surface area contributed by atoms with Gasteiger partial charge in [-0.2, -0.15) is 0 Å². The Labute approximate surface area is 144 Å². The summed E-state index contributed by atoms with van der Waals surface area (Å²) in [6.07, 6.45) is 1.39. The van der Waals surface area contributed by atoms with E-state index in [2.05, 4.69) is 18.2 Å². The second-order valence-corrected chi connectivity index (χ2v) is 7.88. The molecular formula is C22H18FNO. The van der Waals surface area contributed by atoms with Gasteiger partial charge in [0.1, 0.15) is 5.82 Å². The summed E-state index contributed by atoms with van der Waals surface area (Å²) in [5, 5.41) is 2.93. The lowest BCUT2D eigenvalue weighted by atomic mass is 9.74. The van der Waals surface area contributed by atoms with Crippen LogP contribution in [-0.4, -0.2) is 10.2 Å². The third-order valence-corrected chi connectivity index (χ3v) is 5.36. The second kappa shape index (κ2) is 4.69. The Balaban J connectivity index is 2.07. The van der Waals surface area contributed by atoms with Gasteiger partial charge in [-0.1, -0.05) is 38.1 Å². The molecule has 0 radical (unpaired) electrons. The molecule has 2 nitrogen and oxygen atoms in total. The van der Waals surface area contributed by atoms with E-state index in [0.717, 1.165) is 44.9 Å². The van der Waals surface area contributed by atoms with E-state index in [0.29, 0.717) is 6.42 Å². The van der Waals surface area contributed by atoms with Crippen LogP contribution in [0.4, 0.5) is 4.39 Å². The zero-order chi connectivity index (χ0) is 17.3. The number of Topliss-reactive ketones (excluding diaryl/α,β-unsaturated/α-hetero) is 1. The summed E-state index contributed by atoms with van der Waals surface area (Å²) in [5.74, 6) is -0.0358. The molecule has 0 fully saturated rings. The van der Waals surface area contributed by atoms with Crippen LogP contribution in [0, 0.1) is 11.2 Å². The third kappa shape index (κ3) is 1.98. The Morgan fingerprint density at radius 3 is 2.52 bits per heavy atom. The normalized spacial score (nSPS) is 16.7. The number of halogens is 1. The Morgan fingerprint density at radius 2 is 1.72 bits per heavy atom. The summed E-state index contributed by atoms with van der Waals surface area (Å²) in [6, 6.07) is 15.0. The van der Waals surface area contributed by atoms with E-state index in [1.165, 1.54) is 6.07 Å². The smallest absolute Gasteiger partial charge is 0.165 e. The highest BCUT2D eigenvalue weighted by Gasteiger charge is 2.34. The number of hydrogen-bond donors (Lipinski definition) is 0. The zero-order valence-electron chi connectivity index (χ0n) is 14.3. The molecule has 124 valence electrons. The SMILES string of the molecule is CC1(C)CC(=O)c2c(n3c4ccc(F)cc4cc3c3ccccc23)C1. The Bertz CT molecular complexity index is 1200. The summed E-state index contributed by atoms with van der Waals surface area (Å²) in [4.78, 5) is 13.0. The number of pyridine rings is 1. The lowest BCUT2D eigenvalue weighted by molar-refractivity contribution is 0.0912. The van der Waals surface area contributed by atoms with Crippen LogP contribution in [0.3, 0.4) is 0 Å². The van der Waals surface area contributed by atoms with Gasteiger partial charge in [0.05, 0.1) is 11.0 Å². The lowest BCUT2D eigenvalue weighted by Gasteiger charge is -2.32. The van der Waals surface area contributed by atoms with Crippen molar-refractivity contribution in [1.29, 1.82) is 0 Å². The summed E-state index contributed by atoms with van der Waals surface area (Å²) in [5.41, 5.74) is 3.82. The number of ketones is 1. The van der Waals surface area contributed by atoms with E-state index in [-0.39, 0.29) is 17.0 Å². The van der Waals surface area contributed by atoms with Crippen LogP contribution in [0.15, 0.2) is 48.5 Å². The molecule has 3 heteroatoms. The molecule has 0 atom stereocenters. The van der Waals surface area contributed by atoms with Crippen LogP contribution < -0.4 is 0 Å². The number of carbonyl (C=O) groups excluding carboxylic acids is 1. The van der Waals surface area contributed by atoms with Crippen molar-refractivity contribution in [3.05, 3.63) is 65.6 Å². The molecule has 0 saturated carbocycles. The van der Waals surface area contributed by atoms with Gasteiger partial charge in [0.15, 0.2) is 5.78 Å². The van der Waals surface area contributed by atoms with Crippen LogP contribution in [-0.2, 0) is 6.42 Å². The van der Waals surface area contributed by atoms with Crippen LogP contribution in [0.5, 0.6) is 0 Å². The molecule has 0 unspecified atom stereocenters. The van der Waals surface area contributed by atoms with Crippen molar-refractivity contribution in [3.8, 4) is 0 Å². The molecule has 0 saturated heterocycles. The lowest BCUT2D eigenvalue weighted by Crippen LogP contribution is -2.29. The quantitative estimate of drug-likeness (QED) is 0.414. The van der Waals surface area contributed by atoms with Crippen LogP contribution in [0.1, 0.15) is 36.3 Å². The standard InChI is InChI=1S/C22H18FNO/c1-22(2)11-19-21(20(25)12-22)16-6-4-3-5-15(16)18-10-13-9-14(23)7-8-17(13)24(18)19/h3-10H,11-12H2,1-2H3. The minimum atomic E-state index is -0.238. The molecule has 2 aromatic carbocycles. The van der Waals surface area contributed by atoms with E-state index < -0.39 is 0 Å². The predicted molar refractivity (Wildman–Crippen MR) is 98.8 cm³/mol. The minimum Gasteiger partial charge on any atom is -0.312 e. The number of fused-ring (bicyclic) bond motifs is 8. The van der Waals surface area contributed by atoms with Gasteiger partial charge in [-0.05, 0) is 41.5 Å². The minimum absolute atomic E-state index is 0.0733. The number of aromatic nitrogens is 1. The molecule has 0 bridgehead atoms. The van der Waals surface area contributed by atoms with Gasteiger partial charge in [0, 0.05) is 28.5 Å². The molecule has 2 aromatic heterocycles. The Hall–Kier alpha value is -2.68. The molecular weight excluding hydrogens is 313 g/mol. The van der Waals surface area contributed by atoms with E-state index in [1.807, 2.05) is 36.4 Å². The van der Waals surface area contributed by atoms with Crippen molar-refractivity contribution in [1.82, 2.24) is 4.40 Å². The first-order valence-corrected chi connectivity index (χ1v) is 8.62. The number of rotatable bonds is 0. The van der Waals surface area contributed by atoms with Crippen molar-refractivity contribution < 1.29 is 9.18 Å². The average Bonchev–Trinajstić information content (AvgIpc) is 2.92. The number of benzene rings is 2. The fourth-order valence-electron chi connectivity index (χ4n) is 4.38. The molecule has 25 heavy (non-hydrogen) atoms. The molecule has 1 aliphatic rings. The largest absolute Gasteiger partial charge is 0.312 e. The molecule has 1 aliphatic carbocycles. The number of hydrogen-bond acceptors (Lipinski definition) is 1. The maximum absolute atomic E-state index is 13.7. The van der Waals surface area contributed by atoms with E-state index >= 15 is 0 Å². The molecule has 4 aromatic rings. The highest BCUT2D eigenvalue weighted by atomic mass is 19.1. The number of carbonyl (C=O) groups is 1. The second-order valence-electron chi connectivity index (χ2n) is 7.88. The van der Waals surface area contributed by atoms with Gasteiger partial charge in [-0.3, -0.25) is 4.79 Å². The average molecular weight is 331 g/mol. The fraction of sp³-hybridized carbons (Fsp3) is 0.227. The van der Waals surface area contributed by atoms with Gasteiger partial charge < -0.3 is 4.40 Å². The van der Waals surface area contributed by atoms with E-state index in [4.69, 9.17) is 0 Å². The van der Waals surface area contributed by atoms with Gasteiger partial charge >= 0.3 is 0 Å². The summed E-state index contributed by atoms with van der Waals surface area (Å²) in [6.45, 7) is 4.28. The first-order chi connectivity index (χ1) is 11.9. The molecule has 0 amide bonds. The molecule has 0 spiro atoms. The van der Waals surface area contributed by atoms with E-state index in [1.54, 1.807) is 6.07 Å². The molecule has 0 aliphatic heterocycles. The maximum Gasteiger partial charge on any atom is 0.165 e. The first kappa shape index (κ1) is 14.6. The third-order valence-electron chi connectivity index (χ3n) is 5.36. The first-order valence-electron chi connectivity index (χ1n) is 8.62. The van der Waals surface area contributed by atoms with Gasteiger partial charge in [-0.15, -0.1) is 0 Å². The monoisotopic (exact) mass is 331 g/mol. The van der Waals surface area contributed by atoms with E-state index in [9.17, 15) is 9.18 Å². The molecule has 2 heterocycles. The van der Waals surface area contributed by atoms with Crippen molar-refractivity contribution in [3.63, 3.8) is 0 Å². The summed E-state index contributed by atoms with van der Waals surface area (Å²) >= 11 is 0. The van der Waals surface area contributed by atoms with Crippen molar-refractivity contribution in [2.45, 2.75) is 26.7 Å². The van der Waals surface area contributed by atoms with Gasteiger partial charge in [0.25, 0.3) is 0 Å². The maximum atomic E-state index is 13.7. The molecule has 5 rings (SSSR count). The summed E-state index contributed by atoms with van der Waals surface area (Å²) in [7, 11) is 0.